The van der Waals surface area contributed by atoms with E-state index in [2.05, 4.69) is 28.4 Å². The highest BCUT2D eigenvalue weighted by atomic mass is 15.0. The van der Waals surface area contributed by atoms with Crippen LogP contribution in [0.3, 0.4) is 0 Å². The van der Waals surface area contributed by atoms with Crippen molar-refractivity contribution in [3.8, 4) is 11.3 Å². The van der Waals surface area contributed by atoms with Crippen molar-refractivity contribution in [2.24, 2.45) is 5.92 Å². The summed E-state index contributed by atoms with van der Waals surface area (Å²) in [5, 5.41) is 0. The van der Waals surface area contributed by atoms with Crippen molar-refractivity contribution in [2.75, 3.05) is 5.73 Å². The van der Waals surface area contributed by atoms with Crippen LogP contribution in [-0.2, 0) is 6.54 Å². The fourth-order valence-corrected chi connectivity index (χ4v) is 2.14. The number of nitrogen functional groups attached to an aromatic ring is 1. The second kappa shape index (κ2) is 5.67. The zero-order valence-electron chi connectivity index (χ0n) is 11.0. The van der Waals surface area contributed by atoms with Gasteiger partial charge in [-0.15, -0.1) is 0 Å². The molecule has 4 nitrogen and oxygen atoms in total. The van der Waals surface area contributed by atoms with Gasteiger partial charge in [0.1, 0.15) is 5.82 Å². The Hall–Kier alpha value is -1.84. The van der Waals surface area contributed by atoms with Gasteiger partial charge in [0.2, 0.25) is 0 Å². The first-order chi connectivity index (χ1) is 8.74. The van der Waals surface area contributed by atoms with Crippen LogP contribution in [-0.4, -0.2) is 14.5 Å². The molecule has 0 saturated heterocycles. The van der Waals surface area contributed by atoms with Crippen molar-refractivity contribution >= 4 is 5.82 Å². The van der Waals surface area contributed by atoms with Crippen LogP contribution in [0.25, 0.3) is 11.3 Å². The second-order valence-corrected chi connectivity index (χ2v) is 4.58. The highest BCUT2D eigenvalue weighted by molar-refractivity contribution is 5.61. The number of pyridine rings is 1. The molecule has 0 atom stereocenters. The molecule has 2 aromatic rings. The summed E-state index contributed by atoms with van der Waals surface area (Å²) in [4.78, 5) is 8.27. The molecule has 18 heavy (non-hydrogen) atoms. The molecule has 2 aromatic heterocycles. The van der Waals surface area contributed by atoms with Gasteiger partial charge in [0, 0.05) is 18.3 Å². The van der Waals surface area contributed by atoms with Crippen LogP contribution in [0.4, 0.5) is 5.82 Å². The molecule has 0 bridgehead atoms. The maximum absolute atomic E-state index is 5.73. The van der Waals surface area contributed by atoms with Gasteiger partial charge in [0.05, 0.1) is 18.2 Å². The van der Waals surface area contributed by atoms with Crippen molar-refractivity contribution in [3.63, 3.8) is 0 Å². The van der Waals surface area contributed by atoms with E-state index in [9.17, 15) is 0 Å². The summed E-state index contributed by atoms with van der Waals surface area (Å²) in [6.07, 6.45) is 7.89. The Bertz CT molecular complexity index is 500. The summed E-state index contributed by atoms with van der Waals surface area (Å²) < 4.78 is 2.20. The maximum Gasteiger partial charge on any atom is 0.123 e. The predicted molar refractivity (Wildman–Crippen MR) is 73.9 cm³/mol. The maximum atomic E-state index is 5.73. The zero-order chi connectivity index (χ0) is 13.0. The number of nitrogens with zero attached hydrogens (tertiary/aromatic N) is 3. The van der Waals surface area contributed by atoms with Gasteiger partial charge in [-0.2, -0.15) is 0 Å². The topological polar surface area (TPSA) is 56.7 Å². The summed E-state index contributed by atoms with van der Waals surface area (Å²) in [6, 6.07) is 3.86. The van der Waals surface area contributed by atoms with E-state index in [4.69, 9.17) is 5.73 Å². The molecule has 0 fully saturated rings. The molecule has 0 aliphatic heterocycles. The average molecular weight is 244 g/mol. The van der Waals surface area contributed by atoms with Gasteiger partial charge in [-0.05, 0) is 18.1 Å². The highest BCUT2D eigenvalue weighted by Gasteiger charge is 2.10. The van der Waals surface area contributed by atoms with E-state index in [0.717, 1.165) is 17.8 Å². The molecule has 0 saturated carbocycles. The van der Waals surface area contributed by atoms with Gasteiger partial charge < -0.3 is 10.3 Å². The van der Waals surface area contributed by atoms with Gasteiger partial charge in [-0.1, -0.05) is 26.7 Å². The van der Waals surface area contributed by atoms with Crippen LogP contribution in [0.5, 0.6) is 0 Å². The zero-order valence-corrected chi connectivity index (χ0v) is 11.0. The van der Waals surface area contributed by atoms with Gasteiger partial charge in [0.15, 0.2) is 0 Å². The normalized spacial score (nSPS) is 11.1. The Morgan fingerprint density at radius 1 is 1.33 bits per heavy atom. The Balaban J connectivity index is 2.27. The smallest absolute Gasteiger partial charge is 0.123 e. The fraction of sp³-hybridized carbons (Fsp3) is 0.429. The number of hydrogen-bond donors (Lipinski definition) is 1. The standard InChI is InChI=1S/C14H20N4/c1-3-11(4-2)9-18-10-16-8-13(18)12-5-6-17-14(15)7-12/h5-8,10-11H,3-4,9H2,1-2H3,(H2,15,17). The summed E-state index contributed by atoms with van der Waals surface area (Å²) in [5.74, 6) is 1.24. The lowest BCUT2D eigenvalue weighted by atomic mass is 10.0. The third kappa shape index (κ3) is 2.70. The SMILES string of the molecule is CCC(CC)Cn1cncc1-c1ccnc(N)c1. The molecular formula is C14H20N4. The molecule has 2 N–H and O–H groups in total. The number of anilines is 1. The predicted octanol–water partition coefficient (Wildman–Crippen LogP) is 2.96. The van der Waals surface area contributed by atoms with E-state index in [1.807, 2.05) is 24.7 Å². The van der Waals surface area contributed by atoms with Crippen molar-refractivity contribution in [2.45, 2.75) is 33.2 Å². The van der Waals surface area contributed by atoms with Crippen LogP contribution < -0.4 is 5.73 Å². The number of aromatic nitrogens is 3. The van der Waals surface area contributed by atoms with E-state index in [0.29, 0.717) is 11.7 Å². The molecule has 0 unspecified atom stereocenters. The number of imidazole rings is 1. The minimum absolute atomic E-state index is 0.544. The first kappa shape index (κ1) is 12.6. The molecule has 96 valence electrons. The van der Waals surface area contributed by atoms with E-state index >= 15 is 0 Å². The first-order valence-electron chi connectivity index (χ1n) is 6.46. The lowest BCUT2D eigenvalue weighted by Gasteiger charge is -2.15. The molecule has 0 aromatic carbocycles. The van der Waals surface area contributed by atoms with Crippen LogP contribution in [0.15, 0.2) is 30.9 Å². The Labute approximate surface area is 108 Å². The van der Waals surface area contributed by atoms with E-state index in [1.54, 1.807) is 6.20 Å². The number of rotatable bonds is 5. The van der Waals surface area contributed by atoms with E-state index in [1.165, 1.54) is 12.8 Å². The highest BCUT2D eigenvalue weighted by Crippen LogP contribution is 2.22. The Kier molecular flexibility index (Phi) is 3.97. The van der Waals surface area contributed by atoms with E-state index < -0.39 is 0 Å². The molecule has 0 aliphatic carbocycles. The summed E-state index contributed by atoms with van der Waals surface area (Å²) >= 11 is 0. The lowest BCUT2D eigenvalue weighted by molar-refractivity contribution is 0.420. The van der Waals surface area contributed by atoms with Crippen LogP contribution in [0.2, 0.25) is 0 Å². The summed E-state index contributed by atoms with van der Waals surface area (Å²) in [5.41, 5.74) is 7.91. The van der Waals surface area contributed by atoms with Gasteiger partial charge in [-0.25, -0.2) is 9.97 Å². The van der Waals surface area contributed by atoms with Crippen molar-refractivity contribution in [1.82, 2.24) is 14.5 Å². The monoisotopic (exact) mass is 244 g/mol. The summed E-state index contributed by atoms with van der Waals surface area (Å²) in [6.45, 7) is 5.47. The Morgan fingerprint density at radius 2 is 2.11 bits per heavy atom. The molecule has 0 aliphatic rings. The van der Waals surface area contributed by atoms with Crippen molar-refractivity contribution in [3.05, 3.63) is 30.9 Å². The van der Waals surface area contributed by atoms with Crippen LogP contribution >= 0.6 is 0 Å². The fourth-order valence-electron chi connectivity index (χ4n) is 2.14. The van der Waals surface area contributed by atoms with Crippen molar-refractivity contribution < 1.29 is 0 Å². The molecule has 2 heterocycles. The largest absolute Gasteiger partial charge is 0.384 e. The third-order valence-electron chi connectivity index (χ3n) is 3.40. The summed E-state index contributed by atoms with van der Waals surface area (Å²) in [7, 11) is 0. The number of nitrogens with two attached hydrogens (primary N) is 1. The van der Waals surface area contributed by atoms with Gasteiger partial charge in [0.25, 0.3) is 0 Å². The quantitative estimate of drug-likeness (QED) is 0.879. The molecular weight excluding hydrogens is 224 g/mol. The molecule has 0 radical (unpaired) electrons. The lowest BCUT2D eigenvalue weighted by Crippen LogP contribution is -2.09. The third-order valence-corrected chi connectivity index (χ3v) is 3.40. The Morgan fingerprint density at radius 3 is 2.78 bits per heavy atom. The minimum atomic E-state index is 0.544. The van der Waals surface area contributed by atoms with Gasteiger partial charge >= 0.3 is 0 Å². The molecule has 0 spiro atoms. The average Bonchev–Trinajstić information content (AvgIpc) is 2.84. The van der Waals surface area contributed by atoms with Crippen LogP contribution in [0, 0.1) is 5.92 Å². The molecule has 2 rings (SSSR count). The van der Waals surface area contributed by atoms with E-state index in [-0.39, 0.29) is 0 Å². The molecule has 4 heteroatoms. The van der Waals surface area contributed by atoms with Crippen molar-refractivity contribution in [1.29, 1.82) is 0 Å². The van der Waals surface area contributed by atoms with Crippen LogP contribution in [0.1, 0.15) is 26.7 Å². The molecule has 0 amide bonds. The minimum Gasteiger partial charge on any atom is -0.384 e. The second-order valence-electron chi connectivity index (χ2n) is 4.58. The first-order valence-corrected chi connectivity index (χ1v) is 6.46. The van der Waals surface area contributed by atoms with Gasteiger partial charge in [-0.3, -0.25) is 0 Å². The number of hydrogen-bond acceptors (Lipinski definition) is 3.